The van der Waals surface area contributed by atoms with E-state index in [1.165, 1.54) is 12.8 Å². The predicted octanol–water partition coefficient (Wildman–Crippen LogP) is 3.05. The fourth-order valence-corrected chi connectivity index (χ4v) is 2.34. The molecule has 0 radical (unpaired) electrons. The molecule has 0 amide bonds. The highest BCUT2D eigenvalue weighted by Crippen LogP contribution is 2.34. The average Bonchev–Trinajstić information content (AvgIpc) is 2.04. The summed E-state index contributed by atoms with van der Waals surface area (Å²) in [7, 11) is 0. The number of hydrogen-bond donors (Lipinski definition) is 0. The molecule has 1 saturated carbocycles. The van der Waals surface area contributed by atoms with Gasteiger partial charge in [-0.15, -0.1) is 0 Å². The SMILES string of the molecule is C#CO[C@@H]1C[C@@H](C)CC[C@H]1C(C)C. The predicted molar refractivity (Wildman–Crippen MR) is 55.0 cm³/mol. The number of rotatable bonds is 2. The molecule has 0 aliphatic heterocycles. The zero-order chi connectivity index (χ0) is 9.84. The van der Waals surface area contributed by atoms with E-state index in [-0.39, 0.29) is 0 Å². The Kier molecular flexibility index (Phi) is 3.66. The third-order valence-corrected chi connectivity index (χ3v) is 3.18. The molecule has 1 nitrogen and oxygen atoms in total. The minimum Gasteiger partial charge on any atom is -0.443 e. The molecule has 1 rings (SSSR count). The van der Waals surface area contributed by atoms with Gasteiger partial charge < -0.3 is 4.74 Å². The summed E-state index contributed by atoms with van der Waals surface area (Å²) in [5.41, 5.74) is 0. The Labute approximate surface area is 81.9 Å². The van der Waals surface area contributed by atoms with Gasteiger partial charge in [-0.3, -0.25) is 0 Å². The van der Waals surface area contributed by atoms with E-state index in [1.54, 1.807) is 0 Å². The molecule has 0 bridgehead atoms. The highest BCUT2D eigenvalue weighted by Gasteiger charge is 2.31. The zero-order valence-electron chi connectivity index (χ0n) is 8.92. The molecule has 74 valence electrons. The highest BCUT2D eigenvalue weighted by atomic mass is 16.5. The molecule has 0 saturated heterocycles. The van der Waals surface area contributed by atoms with Crippen molar-refractivity contribution in [1.82, 2.24) is 0 Å². The second kappa shape index (κ2) is 4.56. The Bertz CT molecular complexity index is 190. The fraction of sp³-hybridized carbons (Fsp3) is 0.833. The maximum atomic E-state index is 5.35. The van der Waals surface area contributed by atoms with Crippen molar-refractivity contribution in [3.05, 3.63) is 0 Å². The van der Waals surface area contributed by atoms with Gasteiger partial charge in [0.15, 0.2) is 0 Å². The molecule has 0 aromatic heterocycles. The van der Waals surface area contributed by atoms with Crippen LogP contribution in [0.3, 0.4) is 0 Å². The molecule has 3 atom stereocenters. The van der Waals surface area contributed by atoms with Crippen molar-refractivity contribution < 1.29 is 4.74 Å². The van der Waals surface area contributed by atoms with Crippen LogP contribution in [0.2, 0.25) is 0 Å². The van der Waals surface area contributed by atoms with Crippen LogP contribution in [0.4, 0.5) is 0 Å². The summed E-state index contributed by atoms with van der Waals surface area (Å²) < 4.78 is 5.35. The Morgan fingerprint density at radius 3 is 2.62 bits per heavy atom. The van der Waals surface area contributed by atoms with Crippen LogP contribution < -0.4 is 0 Å². The summed E-state index contributed by atoms with van der Waals surface area (Å²) >= 11 is 0. The van der Waals surface area contributed by atoms with E-state index < -0.39 is 0 Å². The minimum absolute atomic E-state index is 0.300. The smallest absolute Gasteiger partial charge is 0.114 e. The number of ether oxygens (including phenoxy) is 1. The molecule has 0 unspecified atom stereocenters. The second-order valence-corrected chi connectivity index (χ2v) is 4.60. The van der Waals surface area contributed by atoms with Gasteiger partial charge in [-0.2, -0.15) is 0 Å². The van der Waals surface area contributed by atoms with Crippen LogP contribution in [-0.4, -0.2) is 6.10 Å². The van der Waals surface area contributed by atoms with E-state index in [2.05, 4.69) is 26.9 Å². The Morgan fingerprint density at radius 2 is 2.08 bits per heavy atom. The van der Waals surface area contributed by atoms with Crippen LogP contribution in [0.1, 0.15) is 40.0 Å². The van der Waals surface area contributed by atoms with Crippen molar-refractivity contribution in [1.29, 1.82) is 0 Å². The van der Waals surface area contributed by atoms with Crippen LogP contribution in [0.25, 0.3) is 0 Å². The second-order valence-electron chi connectivity index (χ2n) is 4.60. The lowest BCUT2D eigenvalue weighted by Crippen LogP contribution is -2.33. The quantitative estimate of drug-likeness (QED) is 0.593. The highest BCUT2D eigenvalue weighted by molar-refractivity contribution is 4.84. The molecule has 0 spiro atoms. The van der Waals surface area contributed by atoms with Crippen molar-refractivity contribution in [2.24, 2.45) is 17.8 Å². The van der Waals surface area contributed by atoms with Gasteiger partial charge in [0.2, 0.25) is 0 Å². The number of terminal acetylenes is 1. The molecule has 1 fully saturated rings. The maximum Gasteiger partial charge on any atom is 0.114 e. The minimum atomic E-state index is 0.300. The maximum absolute atomic E-state index is 5.35. The Morgan fingerprint density at radius 1 is 1.38 bits per heavy atom. The van der Waals surface area contributed by atoms with Crippen molar-refractivity contribution in [2.75, 3.05) is 0 Å². The molecule has 0 heterocycles. The lowest BCUT2D eigenvalue weighted by molar-refractivity contribution is 0.0254. The molecular weight excluding hydrogens is 160 g/mol. The third kappa shape index (κ3) is 2.66. The fourth-order valence-electron chi connectivity index (χ4n) is 2.34. The van der Waals surface area contributed by atoms with Gasteiger partial charge in [-0.05, 0) is 30.6 Å². The number of hydrogen-bond acceptors (Lipinski definition) is 1. The van der Waals surface area contributed by atoms with E-state index in [4.69, 9.17) is 11.2 Å². The summed E-state index contributed by atoms with van der Waals surface area (Å²) in [6.07, 6.45) is 11.6. The first-order valence-corrected chi connectivity index (χ1v) is 5.26. The van der Waals surface area contributed by atoms with Gasteiger partial charge in [0.05, 0.1) is 0 Å². The Hall–Kier alpha value is -0.640. The van der Waals surface area contributed by atoms with E-state index in [1.807, 2.05) is 0 Å². The Balaban J connectivity index is 2.56. The summed E-state index contributed by atoms with van der Waals surface area (Å²) in [6, 6.07) is 0. The van der Waals surface area contributed by atoms with Gasteiger partial charge >= 0.3 is 0 Å². The van der Waals surface area contributed by atoms with Crippen LogP contribution >= 0.6 is 0 Å². The van der Waals surface area contributed by atoms with Crippen LogP contribution in [0.5, 0.6) is 0 Å². The molecule has 0 aromatic rings. The third-order valence-electron chi connectivity index (χ3n) is 3.18. The van der Waals surface area contributed by atoms with Gasteiger partial charge in [-0.1, -0.05) is 33.6 Å². The van der Waals surface area contributed by atoms with Crippen molar-refractivity contribution in [2.45, 2.75) is 46.1 Å². The van der Waals surface area contributed by atoms with Crippen molar-refractivity contribution >= 4 is 0 Å². The van der Waals surface area contributed by atoms with Crippen LogP contribution in [-0.2, 0) is 4.74 Å². The van der Waals surface area contributed by atoms with Crippen LogP contribution in [0, 0.1) is 30.3 Å². The van der Waals surface area contributed by atoms with E-state index in [0.717, 1.165) is 12.3 Å². The topological polar surface area (TPSA) is 9.23 Å². The zero-order valence-corrected chi connectivity index (χ0v) is 8.92. The van der Waals surface area contributed by atoms with Gasteiger partial charge in [-0.25, -0.2) is 0 Å². The first-order valence-electron chi connectivity index (χ1n) is 5.26. The van der Waals surface area contributed by atoms with Crippen molar-refractivity contribution in [3.8, 4) is 12.5 Å². The van der Waals surface area contributed by atoms with E-state index >= 15 is 0 Å². The summed E-state index contributed by atoms with van der Waals surface area (Å²) in [4.78, 5) is 0. The van der Waals surface area contributed by atoms with Crippen LogP contribution in [0.15, 0.2) is 0 Å². The normalized spacial score (nSPS) is 34.2. The van der Waals surface area contributed by atoms with Crippen molar-refractivity contribution in [3.63, 3.8) is 0 Å². The molecule has 0 aromatic carbocycles. The summed E-state index contributed by atoms with van der Waals surface area (Å²) in [5.74, 6) is 2.12. The molecule has 1 aliphatic rings. The summed E-state index contributed by atoms with van der Waals surface area (Å²) in [5, 5.41) is 0. The lowest BCUT2D eigenvalue weighted by atomic mass is 9.75. The average molecular weight is 180 g/mol. The molecule has 1 aliphatic carbocycles. The molecule has 0 N–H and O–H groups in total. The molecule has 1 heteroatoms. The monoisotopic (exact) mass is 180 g/mol. The van der Waals surface area contributed by atoms with Gasteiger partial charge in [0.1, 0.15) is 12.2 Å². The van der Waals surface area contributed by atoms with E-state index in [9.17, 15) is 0 Å². The van der Waals surface area contributed by atoms with Gasteiger partial charge in [0, 0.05) is 0 Å². The largest absolute Gasteiger partial charge is 0.443 e. The first-order chi connectivity index (χ1) is 6.15. The molecular formula is C12H20O. The first kappa shape index (κ1) is 10.4. The molecule has 13 heavy (non-hydrogen) atoms. The lowest BCUT2D eigenvalue weighted by Gasteiger charge is -2.35. The van der Waals surface area contributed by atoms with Gasteiger partial charge in [0.25, 0.3) is 0 Å². The van der Waals surface area contributed by atoms with E-state index in [0.29, 0.717) is 17.9 Å². The summed E-state index contributed by atoms with van der Waals surface area (Å²) in [6.45, 7) is 6.80. The standard InChI is InChI=1S/C12H20O/c1-5-13-12-8-10(4)6-7-11(12)9(2)3/h1,9-12H,6-8H2,2-4H3/t10-,11-,12+/m0/s1.